The lowest BCUT2D eigenvalue weighted by molar-refractivity contribution is -0.114. The molecule has 1 heterocycles. The van der Waals surface area contributed by atoms with E-state index in [0.717, 1.165) is 21.7 Å². The van der Waals surface area contributed by atoms with Crippen molar-refractivity contribution in [1.82, 2.24) is 0 Å². The molecule has 1 fully saturated rings. The second-order valence-electron chi connectivity index (χ2n) is 6.45. The largest absolute Gasteiger partial charge is 0.291 e. The summed E-state index contributed by atoms with van der Waals surface area (Å²) >= 11 is 7.63. The molecule has 4 heteroatoms. The van der Waals surface area contributed by atoms with E-state index in [1.165, 1.54) is 5.56 Å². The van der Waals surface area contributed by atoms with Crippen LogP contribution in [0.4, 0.5) is 5.69 Å². The summed E-state index contributed by atoms with van der Waals surface area (Å²) in [5.41, 5.74) is 4.14. The quantitative estimate of drug-likeness (QED) is 0.477. The maximum Gasteiger partial charge on any atom is 0.266 e. The van der Waals surface area contributed by atoms with Gasteiger partial charge in [0.2, 0.25) is 0 Å². The van der Waals surface area contributed by atoms with E-state index < -0.39 is 0 Å². The minimum absolute atomic E-state index is 0.0210. The van der Waals surface area contributed by atoms with Crippen molar-refractivity contribution in [3.05, 3.63) is 105 Å². The molecule has 1 aliphatic heterocycles. The number of nitrogens with zero attached hydrogens (tertiary/aromatic N) is 1. The first-order chi connectivity index (χ1) is 13.1. The van der Waals surface area contributed by atoms with Crippen molar-refractivity contribution in [3.8, 4) is 0 Å². The highest BCUT2D eigenvalue weighted by Crippen LogP contribution is 2.48. The number of carbonyl (C=O) groups excluding carboxylic acids is 1. The van der Waals surface area contributed by atoms with Gasteiger partial charge in [0.25, 0.3) is 5.91 Å². The van der Waals surface area contributed by atoms with Gasteiger partial charge in [-0.1, -0.05) is 83.5 Å². The number of hydrogen-bond donors (Lipinski definition) is 0. The van der Waals surface area contributed by atoms with Gasteiger partial charge in [-0.25, -0.2) is 0 Å². The average Bonchev–Trinajstić information content (AvgIpc) is 3.00. The van der Waals surface area contributed by atoms with Crippen LogP contribution < -0.4 is 4.90 Å². The molecule has 0 unspecified atom stereocenters. The Labute approximate surface area is 168 Å². The number of rotatable bonds is 3. The van der Waals surface area contributed by atoms with Crippen LogP contribution >= 0.6 is 23.4 Å². The Balaban J connectivity index is 1.77. The smallest absolute Gasteiger partial charge is 0.266 e. The summed E-state index contributed by atoms with van der Waals surface area (Å²) in [7, 11) is 0. The molecule has 1 aliphatic rings. The van der Waals surface area contributed by atoms with Gasteiger partial charge in [0, 0.05) is 10.7 Å². The van der Waals surface area contributed by atoms with Gasteiger partial charge in [0.15, 0.2) is 0 Å². The lowest BCUT2D eigenvalue weighted by Crippen LogP contribution is -2.27. The zero-order valence-corrected chi connectivity index (χ0v) is 16.4. The first kappa shape index (κ1) is 17.9. The number of benzene rings is 3. The molecule has 0 N–H and O–H groups in total. The molecule has 4 rings (SSSR count). The Bertz CT molecular complexity index is 981. The Kier molecular flexibility index (Phi) is 5.06. The van der Waals surface area contributed by atoms with Crippen molar-refractivity contribution >= 4 is 41.0 Å². The molecule has 0 aliphatic carbocycles. The first-order valence-corrected chi connectivity index (χ1v) is 9.97. The molecular formula is C23H18ClNOS. The Hall–Kier alpha value is -2.49. The Morgan fingerprint density at radius 3 is 2.26 bits per heavy atom. The third-order valence-corrected chi connectivity index (χ3v) is 5.97. The van der Waals surface area contributed by atoms with Crippen molar-refractivity contribution in [3.63, 3.8) is 0 Å². The molecular weight excluding hydrogens is 374 g/mol. The highest BCUT2D eigenvalue weighted by Gasteiger charge is 2.38. The van der Waals surface area contributed by atoms with Crippen molar-refractivity contribution in [2.24, 2.45) is 0 Å². The maximum absolute atomic E-state index is 13.3. The van der Waals surface area contributed by atoms with Crippen LogP contribution in [0, 0.1) is 6.92 Å². The molecule has 0 aromatic heterocycles. The predicted molar refractivity (Wildman–Crippen MR) is 115 cm³/mol. The van der Waals surface area contributed by atoms with Crippen LogP contribution in [0.2, 0.25) is 5.02 Å². The molecule has 1 amide bonds. The fourth-order valence-electron chi connectivity index (χ4n) is 3.05. The van der Waals surface area contributed by atoms with Crippen LogP contribution in [0.5, 0.6) is 0 Å². The van der Waals surface area contributed by atoms with Crippen LogP contribution in [-0.2, 0) is 4.79 Å². The number of carbonyl (C=O) groups is 1. The molecule has 27 heavy (non-hydrogen) atoms. The van der Waals surface area contributed by atoms with E-state index in [2.05, 4.69) is 0 Å². The lowest BCUT2D eigenvalue weighted by Gasteiger charge is -2.24. The minimum atomic E-state index is -0.118. The molecule has 3 aromatic rings. The number of halogens is 1. The predicted octanol–water partition coefficient (Wildman–Crippen LogP) is 6.47. The van der Waals surface area contributed by atoms with E-state index in [1.807, 2.05) is 96.8 Å². The van der Waals surface area contributed by atoms with Crippen LogP contribution in [0.1, 0.15) is 22.1 Å². The second kappa shape index (κ2) is 7.63. The van der Waals surface area contributed by atoms with Gasteiger partial charge in [0.05, 0.1) is 4.91 Å². The third-order valence-electron chi connectivity index (χ3n) is 4.47. The second-order valence-corrected chi connectivity index (χ2v) is 8.01. The van der Waals surface area contributed by atoms with Crippen LogP contribution in [-0.4, -0.2) is 5.91 Å². The monoisotopic (exact) mass is 391 g/mol. The summed E-state index contributed by atoms with van der Waals surface area (Å²) < 4.78 is 0. The summed E-state index contributed by atoms with van der Waals surface area (Å²) in [4.78, 5) is 15.9. The molecule has 0 bridgehead atoms. The Morgan fingerprint density at radius 2 is 1.59 bits per heavy atom. The van der Waals surface area contributed by atoms with Crippen molar-refractivity contribution < 1.29 is 4.79 Å². The van der Waals surface area contributed by atoms with Crippen molar-refractivity contribution in [2.75, 3.05) is 4.90 Å². The number of hydrogen-bond acceptors (Lipinski definition) is 2. The summed E-state index contributed by atoms with van der Waals surface area (Å²) in [5, 5.41) is 0.572. The number of anilines is 1. The number of aryl methyl sites for hydroxylation is 1. The Morgan fingerprint density at radius 1 is 0.926 bits per heavy atom. The fourth-order valence-corrected chi connectivity index (χ4v) is 4.43. The van der Waals surface area contributed by atoms with Gasteiger partial charge in [-0.15, -0.1) is 0 Å². The third kappa shape index (κ3) is 3.80. The first-order valence-electron chi connectivity index (χ1n) is 8.71. The van der Waals surface area contributed by atoms with Crippen LogP contribution in [0.25, 0.3) is 6.08 Å². The van der Waals surface area contributed by atoms with E-state index in [1.54, 1.807) is 11.8 Å². The highest BCUT2D eigenvalue weighted by atomic mass is 35.5. The molecule has 3 aromatic carbocycles. The maximum atomic E-state index is 13.3. The highest BCUT2D eigenvalue weighted by molar-refractivity contribution is 8.05. The molecule has 1 atom stereocenters. The fraction of sp³-hybridized carbons (Fsp3) is 0.0870. The number of thioether (sulfide) groups is 1. The topological polar surface area (TPSA) is 20.3 Å². The van der Waals surface area contributed by atoms with E-state index >= 15 is 0 Å². The summed E-state index contributed by atoms with van der Waals surface area (Å²) in [6, 6.07) is 25.7. The van der Waals surface area contributed by atoms with Crippen LogP contribution in [0.15, 0.2) is 83.8 Å². The SMILES string of the molecule is Cc1ccc(N2C(=O)/C(=C\c3ccccc3)S[C@@H]2c2ccc(Cl)cc2)cc1. The standard InChI is InChI=1S/C23H18ClNOS/c1-16-7-13-20(14-8-16)25-22(26)21(15-17-5-3-2-4-6-17)27-23(25)18-9-11-19(24)12-10-18/h2-15,23H,1H3/b21-15+/t23-/m1/s1. The van der Waals surface area contributed by atoms with Gasteiger partial charge in [-0.3, -0.25) is 9.69 Å². The summed E-state index contributed by atoms with van der Waals surface area (Å²) in [6.07, 6.45) is 1.96. The average molecular weight is 392 g/mol. The molecule has 0 radical (unpaired) electrons. The van der Waals surface area contributed by atoms with E-state index in [9.17, 15) is 4.79 Å². The van der Waals surface area contributed by atoms with Gasteiger partial charge in [0.1, 0.15) is 5.37 Å². The molecule has 134 valence electrons. The molecule has 0 spiro atoms. The van der Waals surface area contributed by atoms with Gasteiger partial charge in [-0.05, 0) is 48.4 Å². The lowest BCUT2D eigenvalue weighted by atomic mass is 10.1. The zero-order chi connectivity index (χ0) is 18.8. The van der Waals surface area contributed by atoms with E-state index in [-0.39, 0.29) is 11.3 Å². The van der Waals surface area contributed by atoms with Gasteiger partial charge in [-0.2, -0.15) is 0 Å². The van der Waals surface area contributed by atoms with Gasteiger partial charge >= 0.3 is 0 Å². The normalized spacial score (nSPS) is 18.3. The van der Waals surface area contributed by atoms with Gasteiger partial charge < -0.3 is 0 Å². The minimum Gasteiger partial charge on any atom is -0.291 e. The zero-order valence-electron chi connectivity index (χ0n) is 14.8. The molecule has 2 nitrogen and oxygen atoms in total. The molecule has 0 saturated carbocycles. The summed E-state index contributed by atoms with van der Waals surface area (Å²) in [6.45, 7) is 2.04. The van der Waals surface area contributed by atoms with E-state index in [0.29, 0.717) is 5.02 Å². The van der Waals surface area contributed by atoms with E-state index in [4.69, 9.17) is 11.6 Å². The summed E-state index contributed by atoms with van der Waals surface area (Å²) in [5.74, 6) is 0.0210. The van der Waals surface area contributed by atoms with Crippen LogP contribution in [0.3, 0.4) is 0 Å². The molecule has 1 saturated heterocycles. The number of amides is 1. The van der Waals surface area contributed by atoms with Crippen molar-refractivity contribution in [1.29, 1.82) is 0 Å². The van der Waals surface area contributed by atoms with Crippen molar-refractivity contribution in [2.45, 2.75) is 12.3 Å².